The van der Waals surface area contributed by atoms with Gasteiger partial charge in [0.25, 0.3) is 0 Å². The molecular weight excluding hydrogens is 268 g/mol. The number of hydrogen-bond acceptors (Lipinski definition) is 5. The molecule has 0 saturated heterocycles. The lowest BCUT2D eigenvalue weighted by molar-refractivity contribution is 0.0937. The molecule has 6 heteroatoms. The molecule has 1 heterocycles. The van der Waals surface area contributed by atoms with E-state index >= 15 is 0 Å². The number of aromatic nitrogens is 2. The maximum atomic E-state index is 12.7. The minimum absolute atomic E-state index is 0.0347. The van der Waals surface area contributed by atoms with Gasteiger partial charge in [-0.2, -0.15) is 5.10 Å². The van der Waals surface area contributed by atoms with Crippen LogP contribution in [0.4, 0.5) is 0 Å². The number of ether oxygens (including phenoxy) is 1. The second-order valence-electron chi connectivity index (χ2n) is 6.26. The normalized spacial score (nSPS) is 17.4. The number of methoxy groups -OCH3 is 1. The maximum Gasteiger partial charge on any atom is 0.186 e. The van der Waals surface area contributed by atoms with Crippen LogP contribution < -0.4 is 10.5 Å². The molecule has 0 atom stereocenters. The Kier molecular flexibility index (Phi) is 5.00. The number of hydrogen-bond donors (Lipinski definition) is 1. The van der Waals surface area contributed by atoms with Crippen molar-refractivity contribution in [3.63, 3.8) is 0 Å². The van der Waals surface area contributed by atoms with Gasteiger partial charge >= 0.3 is 0 Å². The summed E-state index contributed by atoms with van der Waals surface area (Å²) in [5, 5.41) is 4.28. The molecular formula is C15H26N4O2. The molecule has 0 aromatic carbocycles. The van der Waals surface area contributed by atoms with E-state index in [-0.39, 0.29) is 11.3 Å². The van der Waals surface area contributed by atoms with Crippen LogP contribution in [0.2, 0.25) is 0 Å². The zero-order valence-corrected chi connectivity index (χ0v) is 13.3. The van der Waals surface area contributed by atoms with Gasteiger partial charge < -0.3 is 15.4 Å². The Hall–Kier alpha value is -1.40. The predicted octanol–water partition coefficient (Wildman–Crippen LogP) is 1.30. The van der Waals surface area contributed by atoms with Crippen molar-refractivity contribution in [3.8, 4) is 5.75 Å². The summed E-state index contributed by atoms with van der Waals surface area (Å²) in [4.78, 5) is 14.7. The van der Waals surface area contributed by atoms with E-state index < -0.39 is 0 Å². The molecule has 118 valence electrons. The van der Waals surface area contributed by atoms with E-state index in [2.05, 4.69) is 10.00 Å². The van der Waals surface area contributed by atoms with Crippen molar-refractivity contribution in [2.75, 3.05) is 27.7 Å². The average Bonchev–Trinajstić information content (AvgIpc) is 3.02. The zero-order chi connectivity index (χ0) is 15.5. The minimum atomic E-state index is -0.348. The van der Waals surface area contributed by atoms with E-state index in [1.165, 1.54) is 0 Å². The van der Waals surface area contributed by atoms with Crippen molar-refractivity contribution >= 4 is 5.78 Å². The molecule has 0 radical (unpaired) electrons. The molecule has 1 fully saturated rings. The van der Waals surface area contributed by atoms with Crippen LogP contribution in [0.25, 0.3) is 0 Å². The topological polar surface area (TPSA) is 73.4 Å². The van der Waals surface area contributed by atoms with Crippen molar-refractivity contribution in [2.24, 2.45) is 5.73 Å². The highest BCUT2D eigenvalue weighted by molar-refractivity contribution is 5.97. The van der Waals surface area contributed by atoms with Crippen LogP contribution in [0.15, 0.2) is 6.20 Å². The summed E-state index contributed by atoms with van der Waals surface area (Å²) in [5.74, 6) is 0.577. The van der Waals surface area contributed by atoms with Gasteiger partial charge in [-0.15, -0.1) is 0 Å². The third-order valence-corrected chi connectivity index (χ3v) is 4.16. The van der Waals surface area contributed by atoms with E-state index in [4.69, 9.17) is 10.5 Å². The van der Waals surface area contributed by atoms with Crippen LogP contribution >= 0.6 is 0 Å². The van der Waals surface area contributed by atoms with Gasteiger partial charge in [-0.25, -0.2) is 0 Å². The molecule has 1 aliphatic rings. The second kappa shape index (κ2) is 6.58. The number of carbonyl (C=O) groups is 1. The van der Waals surface area contributed by atoms with Gasteiger partial charge in [-0.05, 0) is 26.9 Å². The first-order valence-corrected chi connectivity index (χ1v) is 7.52. The van der Waals surface area contributed by atoms with Crippen molar-refractivity contribution in [1.29, 1.82) is 0 Å². The molecule has 1 aromatic heterocycles. The Labute approximate surface area is 126 Å². The van der Waals surface area contributed by atoms with Crippen molar-refractivity contribution in [1.82, 2.24) is 14.7 Å². The smallest absolute Gasteiger partial charge is 0.186 e. The first-order valence-electron chi connectivity index (χ1n) is 7.52. The van der Waals surface area contributed by atoms with Gasteiger partial charge in [0.2, 0.25) is 0 Å². The van der Waals surface area contributed by atoms with Crippen molar-refractivity contribution in [3.05, 3.63) is 11.9 Å². The van der Waals surface area contributed by atoms with E-state index in [1.807, 2.05) is 14.1 Å². The summed E-state index contributed by atoms with van der Waals surface area (Å²) in [6.45, 7) is 1.48. The standard InChI is InChI=1S/C15H26N4O2/c1-18(2)8-9-19-14(13(21-3)11-17-19)12(20)10-15(16)6-4-5-7-15/h11H,4-10,16H2,1-3H3. The van der Waals surface area contributed by atoms with E-state index in [1.54, 1.807) is 18.0 Å². The fourth-order valence-electron chi connectivity index (χ4n) is 2.92. The highest BCUT2D eigenvalue weighted by atomic mass is 16.5. The number of ketones is 1. The molecule has 0 aliphatic heterocycles. The summed E-state index contributed by atoms with van der Waals surface area (Å²) < 4.78 is 7.03. The molecule has 0 bridgehead atoms. The number of Topliss-reactive ketones (excluding diaryl/α,β-unsaturated/α-hetero) is 1. The van der Waals surface area contributed by atoms with Crippen LogP contribution in [-0.4, -0.2) is 53.8 Å². The van der Waals surface area contributed by atoms with Gasteiger partial charge in [-0.1, -0.05) is 12.8 Å². The Morgan fingerprint density at radius 3 is 2.71 bits per heavy atom. The summed E-state index contributed by atoms with van der Waals surface area (Å²) in [6.07, 6.45) is 6.05. The second-order valence-corrected chi connectivity index (χ2v) is 6.26. The molecule has 0 amide bonds. The van der Waals surface area contributed by atoms with Gasteiger partial charge in [0, 0.05) is 18.5 Å². The Bertz CT molecular complexity index is 490. The highest BCUT2D eigenvalue weighted by Gasteiger charge is 2.34. The first-order chi connectivity index (χ1) is 9.95. The fourth-order valence-corrected chi connectivity index (χ4v) is 2.92. The van der Waals surface area contributed by atoms with Gasteiger partial charge in [-0.3, -0.25) is 9.48 Å². The summed E-state index contributed by atoms with van der Waals surface area (Å²) >= 11 is 0. The SMILES string of the molecule is COc1cnn(CCN(C)C)c1C(=O)CC1(N)CCCC1. The quantitative estimate of drug-likeness (QED) is 0.767. The number of carbonyl (C=O) groups excluding carboxylic acids is 1. The van der Waals surface area contributed by atoms with Gasteiger partial charge in [0.15, 0.2) is 11.5 Å². The Balaban J connectivity index is 2.15. The Morgan fingerprint density at radius 1 is 1.48 bits per heavy atom. The van der Waals surface area contributed by atoms with Crippen LogP contribution in [0.3, 0.4) is 0 Å². The number of rotatable bonds is 7. The third-order valence-electron chi connectivity index (χ3n) is 4.16. The lowest BCUT2D eigenvalue weighted by Gasteiger charge is -2.22. The first kappa shape index (κ1) is 16.0. The Morgan fingerprint density at radius 2 is 2.14 bits per heavy atom. The van der Waals surface area contributed by atoms with Crippen LogP contribution in [0.1, 0.15) is 42.6 Å². The van der Waals surface area contributed by atoms with Crippen molar-refractivity contribution in [2.45, 2.75) is 44.2 Å². The molecule has 6 nitrogen and oxygen atoms in total. The lowest BCUT2D eigenvalue weighted by Crippen LogP contribution is -2.39. The van der Waals surface area contributed by atoms with E-state index in [0.717, 1.165) is 32.2 Å². The summed E-state index contributed by atoms with van der Waals surface area (Å²) in [5.41, 5.74) is 6.53. The van der Waals surface area contributed by atoms with Gasteiger partial charge in [0.05, 0.1) is 19.9 Å². The summed E-state index contributed by atoms with van der Waals surface area (Å²) in [7, 11) is 5.56. The average molecular weight is 294 g/mol. The molecule has 0 unspecified atom stereocenters. The molecule has 21 heavy (non-hydrogen) atoms. The van der Waals surface area contributed by atoms with E-state index in [0.29, 0.717) is 24.4 Å². The van der Waals surface area contributed by atoms with Crippen LogP contribution in [0, 0.1) is 0 Å². The van der Waals surface area contributed by atoms with Crippen LogP contribution in [-0.2, 0) is 6.54 Å². The third kappa shape index (κ3) is 3.83. The monoisotopic (exact) mass is 294 g/mol. The molecule has 2 N–H and O–H groups in total. The zero-order valence-electron chi connectivity index (χ0n) is 13.3. The molecule has 1 saturated carbocycles. The number of nitrogens with zero attached hydrogens (tertiary/aromatic N) is 3. The molecule has 0 spiro atoms. The lowest BCUT2D eigenvalue weighted by atomic mass is 9.91. The molecule has 1 aliphatic carbocycles. The largest absolute Gasteiger partial charge is 0.493 e. The maximum absolute atomic E-state index is 12.7. The van der Waals surface area contributed by atoms with Gasteiger partial charge in [0.1, 0.15) is 5.69 Å². The fraction of sp³-hybridized carbons (Fsp3) is 0.733. The predicted molar refractivity (Wildman–Crippen MR) is 81.7 cm³/mol. The highest BCUT2D eigenvalue weighted by Crippen LogP contribution is 2.32. The molecule has 1 aromatic rings. The molecule has 2 rings (SSSR count). The summed E-state index contributed by atoms with van der Waals surface area (Å²) in [6, 6.07) is 0. The van der Waals surface area contributed by atoms with Crippen LogP contribution in [0.5, 0.6) is 5.75 Å². The minimum Gasteiger partial charge on any atom is -0.493 e. The number of likely N-dealkylation sites (N-methyl/N-ethyl adjacent to an activating group) is 1. The number of nitrogens with two attached hydrogens (primary N) is 1. The van der Waals surface area contributed by atoms with Crippen molar-refractivity contribution < 1.29 is 9.53 Å². The van der Waals surface area contributed by atoms with E-state index in [9.17, 15) is 4.79 Å².